The van der Waals surface area contributed by atoms with Gasteiger partial charge in [0, 0.05) is 6.20 Å². The van der Waals surface area contributed by atoms with E-state index < -0.39 is 10.0 Å². The maximum Gasteiger partial charge on any atom is 0.263 e. The molecule has 0 aliphatic carbocycles. The number of hydrazine groups is 1. The summed E-state index contributed by atoms with van der Waals surface area (Å²) in [5.74, 6) is 5.55. The summed E-state index contributed by atoms with van der Waals surface area (Å²) < 4.78 is 26.8. The number of pyridine rings is 1. The Labute approximate surface area is 110 Å². The Bertz CT molecular complexity index is 657. The lowest BCUT2D eigenvalue weighted by Crippen LogP contribution is -2.15. The summed E-state index contributed by atoms with van der Waals surface area (Å²) in [5.41, 5.74) is 4.00. The first-order valence-corrected chi connectivity index (χ1v) is 6.89. The van der Waals surface area contributed by atoms with Crippen LogP contribution in [0.15, 0.2) is 23.2 Å². The molecule has 102 valence electrons. The van der Waals surface area contributed by atoms with Crippen molar-refractivity contribution in [2.75, 3.05) is 10.1 Å². The number of nitrogens with one attached hydrogen (secondary N) is 3. The topological polar surface area (TPSA) is 126 Å². The molecule has 9 heteroatoms. The minimum Gasteiger partial charge on any atom is -0.308 e. The number of aryl methyl sites for hydroxylation is 2. The lowest BCUT2D eigenvalue weighted by Gasteiger charge is -2.08. The van der Waals surface area contributed by atoms with Gasteiger partial charge in [-0.05, 0) is 26.0 Å². The van der Waals surface area contributed by atoms with Crippen LogP contribution in [0.1, 0.15) is 11.4 Å². The van der Waals surface area contributed by atoms with Gasteiger partial charge >= 0.3 is 0 Å². The van der Waals surface area contributed by atoms with E-state index in [0.29, 0.717) is 22.9 Å². The molecule has 2 heterocycles. The summed E-state index contributed by atoms with van der Waals surface area (Å²) in [6.07, 6.45) is 1.22. The molecule has 0 aromatic carbocycles. The first kappa shape index (κ1) is 13.3. The number of aromatic nitrogens is 3. The van der Waals surface area contributed by atoms with Crippen molar-refractivity contribution in [3.63, 3.8) is 0 Å². The zero-order valence-corrected chi connectivity index (χ0v) is 11.2. The van der Waals surface area contributed by atoms with Crippen LogP contribution < -0.4 is 16.0 Å². The first-order chi connectivity index (χ1) is 8.94. The highest BCUT2D eigenvalue weighted by Gasteiger charge is 2.18. The lowest BCUT2D eigenvalue weighted by molar-refractivity contribution is 0.600. The van der Waals surface area contributed by atoms with Gasteiger partial charge in [0.25, 0.3) is 10.0 Å². The van der Waals surface area contributed by atoms with Crippen LogP contribution in [0.25, 0.3) is 0 Å². The molecule has 2 rings (SSSR count). The number of hydrogen-bond donors (Lipinski definition) is 4. The number of hydrogen-bond acceptors (Lipinski definition) is 6. The van der Waals surface area contributed by atoms with Crippen molar-refractivity contribution in [1.29, 1.82) is 0 Å². The minimum absolute atomic E-state index is 0.0477. The smallest absolute Gasteiger partial charge is 0.263 e. The number of nitrogens with two attached hydrogens (primary N) is 1. The summed E-state index contributed by atoms with van der Waals surface area (Å²) >= 11 is 0. The Morgan fingerprint density at radius 1 is 1.32 bits per heavy atom. The zero-order valence-electron chi connectivity index (χ0n) is 10.4. The summed E-state index contributed by atoms with van der Waals surface area (Å²) in [4.78, 5) is 3.91. The highest BCUT2D eigenvalue weighted by Crippen LogP contribution is 2.21. The Morgan fingerprint density at radius 3 is 2.53 bits per heavy atom. The van der Waals surface area contributed by atoms with Crippen molar-refractivity contribution < 1.29 is 8.42 Å². The predicted octanol–water partition coefficient (Wildman–Crippen LogP) is 0.508. The molecule has 0 radical (unpaired) electrons. The van der Waals surface area contributed by atoms with Crippen molar-refractivity contribution >= 4 is 21.5 Å². The van der Waals surface area contributed by atoms with Crippen LogP contribution in [0.3, 0.4) is 0 Å². The summed E-state index contributed by atoms with van der Waals surface area (Å²) in [7, 11) is -3.69. The van der Waals surface area contributed by atoms with Crippen LogP contribution in [-0.2, 0) is 10.0 Å². The largest absolute Gasteiger partial charge is 0.308 e. The van der Waals surface area contributed by atoms with Crippen molar-refractivity contribution in [2.45, 2.75) is 18.7 Å². The van der Waals surface area contributed by atoms with E-state index in [2.05, 4.69) is 25.3 Å². The van der Waals surface area contributed by atoms with E-state index >= 15 is 0 Å². The lowest BCUT2D eigenvalue weighted by atomic mass is 10.3. The van der Waals surface area contributed by atoms with Crippen molar-refractivity contribution in [2.24, 2.45) is 5.84 Å². The van der Waals surface area contributed by atoms with E-state index in [1.807, 2.05) is 0 Å². The van der Waals surface area contributed by atoms with E-state index in [9.17, 15) is 8.42 Å². The highest BCUT2D eigenvalue weighted by atomic mass is 32.2. The second-order valence-electron chi connectivity index (χ2n) is 3.94. The van der Waals surface area contributed by atoms with Gasteiger partial charge in [-0.2, -0.15) is 5.10 Å². The molecule has 8 nitrogen and oxygen atoms in total. The number of anilines is 2. The fraction of sp³-hybridized carbons (Fsp3) is 0.200. The molecule has 5 N–H and O–H groups in total. The number of nitrogens with zero attached hydrogens (tertiary/aromatic N) is 2. The molecule has 0 saturated heterocycles. The molecule has 0 amide bonds. The molecule has 19 heavy (non-hydrogen) atoms. The Balaban J connectivity index is 2.32. The molecule has 0 saturated carbocycles. The monoisotopic (exact) mass is 282 g/mol. The van der Waals surface area contributed by atoms with E-state index in [1.165, 1.54) is 18.3 Å². The van der Waals surface area contributed by atoms with Gasteiger partial charge in [-0.15, -0.1) is 0 Å². The molecule has 0 aliphatic rings. The summed E-state index contributed by atoms with van der Waals surface area (Å²) in [6, 6.07) is 2.89. The van der Waals surface area contributed by atoms with Crippen molar-refractivity contribution in [3.8, 4) is 0 Å². The molecule has 0 atom stereocenters. The highest BCUT2D eigenvalue weighted by molar-refractivity contribution is 7.92. The molecule has 0 unspecified atom stereocenters. The first-order valence-electron chi connectivity index (χ1n) is 5.41. The predicted molar refractivity (Wildman–Crippen MR) is 70.9 cm³/mol. The van der Waals surface area contributed by atoms with Crippen LogP contribution in [0.4, 0.5) is 11.5 Å². The number of nitrogen functional groups attached to an aromatic ring is 1. The third-order valence-electron chi connectivity index (χ3n) is 2.56. The number of H-pyrrole nitrogens is 1. The molecule has 2 aromatic rings. The maximum atomic E-state index is 12.2. The second kappa shape index (κ2) is 4.86. The average molecular weight is 282 g/mol. The van der Waals surface area contributed by atoms with Crippen molar-refractivity contribution in [1.82, 2.24) is 15.2 Å². The second-order valence-corrected chi connectivity index (χ2v) is 5.62. The minimum atomic E-state index is -3.69. The van der Waals surface area contributed by atoms with Gasteiger partial charge in [-0.3, -0.25) is 9.82 Å². The van der Waals surface area contributed by atoms with E-state index in [-0.39, 0.29) is 4.90 Å². The molecule has 0 fully saturated rings. The van der Waals surface area contributed by atoms with Crippen LogP contribution >= 0.6 is 0 Å². The fourth-order valence-corrected chi connectivity index (χ4v) is 2.65. The van der Waals surface area contributed by atoms with Gasteiger partial charge < -0.3 is 5.43 Å². The Hall–Kier alpha value is -2.13. The van der Waals surface area contributed by atoms with Gasteiger partial charge in [-0.25, -0.2) is 19.2 Å². The van der Waals surface area contributed by atoms with Crippen molar-refractivity contribution in [3.05, 3.63) is 29.7 Å². The zero-order chi connectivity index (χ0) is 14.0. The summed E-state index contributed by atoms with van der Waals surface area (Å²) in [6.45, 7) is 3.44. The van der Waals surface area contributed by atoms with Gasteiger partial charge in [0.05, 0.1) is 17.1 Å². The van der Waals surface area contributed by atoms with Gasteiger partial charge in [-0.1, -0.05) is 0 Å². The van der Waals surface area contributed by atoms with Crippen LogP contribution in [-0.4, -0.2) is 23.6 Å². The summed E-state index contributed by atoms with van der Waals surface area (Å²) in [5, 5.41) is 6.64. The van der Waals surface area contributed by atoms with Gasteiger partial charge in [0.2, 0.25) is 0 Å². The van der Waals surface area contributed by atoms with E-state index in [0.717, 1.165) is 0 Å². The Morgan fingerprint density at radius 2 is 2.05 bits per heavy atom. The van der Waals surface area contributed by atoms with Gasteiger partial charge in [0.15, 0.2) is 0 Å². The molecular formula is C10H14N6O2S. The normalized spacial score (nSPS) is 11.3. The SMILES string of the molecule is Cc1n[nH]c(C)c1NS(=O)(=O)c1ccc(NN)nc1. The quantitative estimate of drug-likeness (QED) is 0.478. The van der Waals surface area contributed by atoms with Crippen LogP contribution in [0.5, 0.6) is 0 Å². The molecular weight excluding hydrogens is 268 g/mol. The maximum absolute atomic E-state index is 12.2. The van der Waals surface area contributed by atoms with E-state index in [1.54, 1.807) is 13.8 Å². The fourth-order valence-electron chi connectivity index (χ4n) is 1.52. The average Bonchev–Trinajstić information content (AvgIpc) is 2.70. The number of rotatable bonds is 4. The van der Waals surface area contributed by atoms with Crippen LogP contribution in [0.2, 0.25) is 0 Å². The molecule has 2 aromatic heterocycles. The Kier molecular flexibility index (Phi) is 3.40. The standard InChI is InChI=1S/C10H14N6O2S/c1-6-10(7(2)15-14-6)16-19(17,18)8-3-4-9(13-11)12-5-8/h3-5,16H,11H2,1-2H3,(H,12,13)(H,14,15). The molecule has 0 spiro atoms. The third-order valence-corrected chi connectivity index (χ3v) is 3.89. The third kappa shape index (κ3) is 2.66. The number of aromatic amines is 1. The molecule has 0 aliphatic heterocycles. The van der Waals surface area contributed by atoms with Crippen LogP contribution in [0, 0.1) is 13.8 Å². The van der Waals surface area contributed by atoms with E-state index in [4.69, 9.17) is 5.84 Å². The number of sulfonamides is 1. The van der Waals surface area contributed by atoms with Gasteiger partial charge in [0.1, 0.15) is 10.7 Å². The molecule has 0 bridgehead atoms.